The van der Waals surface area contributed by atoms with Crippen LogP contribution < -0.4 is 4.90 Å². The molecule has 0 fully saturated rings. The minimum Gasteiger partial charge on any atom is -0.310 e. The highest BCUT2D eigenvalue weighted by atomic mass is 32.1. The third-order valence-electron chi connectivity index (χ3n) is 9.09. The normalized spacial score (nSPS) is 11.3. The van der Waals surface area contributed by atoms with E-state index in [0.717, 1.165) is 33.1 Å². The maximum absolute atomic E-state index is 5.07. The lowest BCUT2D eigenvalue weighted by atomic mass is 9.93. The number of thiazole rings is 1. The monoisotopic (exact) mass is 630 g/mol. The summed E-state index contributed by atoms with van der Waals surface area (Å²) in [5.41, 5.74) is 10.2. The predicted octanol–water partition coefficient (Wildman–Crippen LogP) is 13.1. The van der Waals surface area contributed by atoms with Crippen molar-refractivity contribution in [2.24, 2.45) is 0 Å². The number of hydrogen-bond acceptors (Lipinski definition) is 3. The van der Waals surface area contributed by atoms with Crippen molar-refractivity contribution in [1.29, 1.82) is 0 Å². The van der Waals surface area contributed by atoms with Crippen molar-refractivity contribution in [2.45, 2.75) is 0 Å². The van der Waals surface area contributed by atoms with Gasteiger partial charge in [0.15, 0.2) is 0 Å². The van der Waals surface area contributed by atoms with Gasteiger partial charge in [0.1, 0.15) is 5.01 Å². The van der Waals surface area contributed by atoms with E-state index in [1.807, 2.05) is 6.07 Å². The predicted molar refractivity (Wildman–Crippen MR) is 206 cm³/mol. The van der Waals surface area contributed by atoms with Gasteiger partial charge >= 0.3 is 0 Å². The van der Waals surface area contributed by atoms with Gasteiger partial charge in [0.2, 0.25) is 0 Å². The molecule has 0 aliphatic carbocycles. The molecule has 0 aliphatic rings. The van der Waals surface area contributed by atoms with E-state index < -0.39 is 0 Å². The summed E-state index contributed by atoms with van der Waals surface area (Å²) in [6.07, 6.45) is 0. The number of fused-ring (bicyclic) bond motifs is 4. The Hall–Kier alpha value is -6.03. The molecule has 0 bridgehead atoms. The van der Waals surface area contributed by atoms with Gasteiger partial charge in [-0.1, -0.05) is 133 Å². The Bertz CT molecular complexity index is 2540. The van der Waals surface area contributed by atoms with E-state index in [0.29, 0.717) is 0 Å². The van der Waals surface area contributed by atoms with E-state index in [1.54, 1.807) is 11.3 Å². The molecule has 0 radical (unpaired) electrons. The van der Waals surface area contributed by atoms with Crippen LogP contribution in [0.5, 0.6) is 0 Å². The number of hydrogen-bond donors (Lipinski definition) is 0. The van der Waals surface area contributed by atoms with Crippen LogP contribution in [0.3, 0.4) is 0 Å². The molecule has 3 heteroatoms. The van der Waals surface area contributed by atoms with Gasteiger partial charge in [0.05, 0.1) is 10.2 Å². The highest BCUT2D eigenvalue weighted by Crippen LogP contribution is 2.41. The molecule has 226 valence electrons. The molecular weight excluding hydrogens is 601 g/mol. The molecule has 2 nitrogen and oxygen atoms in total. The molecule has 0 N–H and O–H groups in total. The van der Waals surface area contributed by atoms with Gasteiger partial charge in [-0.25, -0.2) is 4.98 Å². The highest BCUT2D eigenvalue weighted by molar-refractivity contribution is 7.21. The van der Waals surface area contributed by atoms with Gasteiger partial charge in [0, 0.05) is 22.6 Å². The van der Waals surface area contributed by atoms with Crippen molar-refractivity contribution in [3.63, 3.8) is 0 Å². The van der Waals surface area contributed by atoms with Crippen LogP contribution >= 0.6 is 11.3 Å². The van der Waals surface area contributed by atoms with Crippen LogP contribution in [0, 0.1) is 0 Å². The minimum atomic E-state index is 1.00. The fourth-order valence-corrected chi connectivity index (χ4v) is 7.67. The Kier molecular flexibility index (Phi) is 7.03. The lowest BCUT2D eigenvalue weighted by molar-refractivity contribution is 1.29. The van der Waals surface area contributed by atoms with Crippen LogP contribution in [0.1, 0.15) is 0 Å². The third kappa shape index (κ3) is 5.11. The lowest BCUT2D eigenvalue weighted by Crippen LogP contribution is -2.09. The minimum absolute atomic E-state index is 1.00. The summed E-state index contributed by atoms with van der Waals surface area (Å²) < 4.78 is 1.18. The van der Waals surface area contributed by atoms with Crippen LogP contribution in [0.4, 0.5) is 17.1 Å². The Morgan fingerprint density at radius 1 is 0.396 bits per heavy atom. The molecule has 8 aromatic carbocycles. The molecule has 0 atom stereocenters. The molecule has 0 saturated heterocycles. The number of benzene rings is 8. The van der Waals surface area contributed by atoms with Crippen LogP contribution in [0.25, 0.3) is 64.6 Å². The lowest BCUT2D eigenvalue weighted by Gasteiger charge is -2.26. The number of anilines is 3. The fourth-order valence-electron chi connectivity index (χ4n) is 6.72. The first kappa shape index (κ1) is 28.2. The average Bonchev–Trinajstić information content (AvgIpc) is 3.60. The van der Waals surface area contributed by atoms with E-state index in [9.17, 15) is 0 Å². The number of nitrogens with zero attached hydrogens (tertiary/aromatic N) is 2. The van der Waals surface area contributed by atoms with Gasteiger partial charge in [-0.15, -0.1) is 11.3 Å². The van der Waals surface area contributed by atoms with Crippen molar-refractivity contribution in [3.05, 3.63) is 182 Å². The quantitative estimate of drug-likeness (QED) is 0.170. The molecule has 9 aromatic rings. The largest absolute Gasteiger partial charge is 0.310 e. The van der Waals surface area contributed by atoms with Crippen LogP contribution in [-0.4, -0.2) is 4.98 Å². The first-order chi connectivity index (χ1) is 23.8. The van der Waals surface area contributed by atoms with E-state index in [-0.39, 0.29) is 0 Å². The zero-order valence-corrected chi connectivity index (χ0v) is 26.9. The van der Waals surface area contributed by atoms with Crippen LogP contribution in [0.2, 0.25) is 0 Å². The SMILES string of the molecule is c1ccc(-c2ccc(N(c3ccc(-c4cc5ccccc5c5ccccc45)cc3)c3ccc4sc(-c5ccccc5)nc4c3)cc2)cc1. The molecule has 48 heavy (non-hydrogen) atoms. The van der Waals surface area contributed by atoms with E-state index in [4.69, 9.17) is 4.98 Å². The second-order valence-corrected chi connectivity index (χ2v) is 13.1. The number of rotatable bonds is 6. The van der Waals surface area contributed by atoms with Crippen molar-refractivity contribution in [3.8, 4) is 32.8 Å². The second kappa shape index (κ2) is 12.0. The van der Waals surface area contributed by atoms with Crippen molar-refractivity contribution < 1.29 is 0 Å². The van der Waals surface area contributed by atoms with Crippen molar-refractivity contribution in [1.82, 2.24) is 4.98 Å². The molecular formula is C45H30N2S. The number of aromatic nitrogens is 1. The zero-order valence-electron chi connectivity index (χ0n) is 26.1. The summed E-state index contributed by atoms with van der Waals surface area (Å²) in [6.45, 7) is 0. The molecule has 0 spiro atoms. The smallest absolute Gasteiger partial charge is 0.124 e. The Balaban J connectivity index is 1.15. The first-order valence-electron chi connectivity index (χ1n) is 16.2. The van der Waals surface area contributed by atoms with E-state index in [2.05, 4.69) is 181 Å². The maximum atomic E-state index is 5.07. The summed E-state index contributed by atoms with van der Waals surface area (Å²) in [7, 11) is 0. The van der Waals surface area contributed by atoms with E-state index in [1.165, 1.54) is 48.5 Å². The summed E-state index contributed by atoms with van der Waals surface area (Å²) in [5.74, 6) is 0. The molecule has 1 heterocycles. The van der Waals surface area contributed by atoms with Gasteiger partial charge in [-0.05, 0) is 92.3 Å². The fraction of sp³-hybridized carbons (Fsp3) is 0. The van der Waals surface area contributed by atoms with Crippen molar-refractivity contribution >= 4 is 60.2 Å². The third-order valence-corrected chi connectivity index (χ3v) is 10.2. The Morgan fingerprint density at radius 2 is 0.938 bits per heavy atom. The second-order valence-electron chi connectivity index (χ2n) is 12.0. The van der Waals surface area contributed by atoms with Gasteiger partial charge in [-0.2, -0.15) is 0 Å². The van der Waals surface area contributed by atoms with Gasteiger partial charge in [-0.3, -0.25) is 0 Å². The zero-order chi connectivity index (χ0) is 31.9. The summed E-state index contributed by atoms with van der Waals surface area (Å²) in [4.78, 5) is 7.40. The highest BCUT2D eigenvalue weighted by Gasteiger charge is 2.16. The van der Waals surface area contributed by atoms with Gasteiger partial charge in [0.25, 0.3) is 0 Å². The molecule has 1 aromatic heterocycles. The van der Waals surface area contributed by atoms with Gasteiger partial charge < -0.3 is 4.90 Å². The van der Waals surface area contributed by atoms with Crippen molar-refractivity contribution in [2.75, 3.05) is 4.90 Å². The maximum Gasteiger partial charge on any atom is 0.124 e. The average molecular weight is 631 g/mol. The molecule has 0 amide bonds. The molecule has 9 rings (SSSR count). The van der Waals surface area contributed by atoms with Crippen LogP contribution in [-0.2, 0) is 0 Å². The molecule has 0 unspecified atom stereocenters. The Morgan fingerprint density at radius 3 is 1.65 bits per heavy atom. The standard InChI is InChI=1S/C45H30N2S/c1-3-11-31(12-4-1)32-19-23-36(24-20-32)47(38-27-28-44-43(30-38)46-45(48-44)34-13-5-2-6-14-34)37-25-21-33(22-26-37)42-29-35-15-7-8-16-39(35)40-17-9-10-18-41(40)42/h1-30H. The molecule has 0 saturated carbocycles. The Labute approximate surface area is 283 Å². The van der Waals surface area contributed by atoms with Crippen LogP contribution in [0.15, 0.2) is 182 Å². The first-order valence-corrected chi connectivity index (χ1v) is 17.0. The summed E-state index contributed by atoms with van der Waals surface area (Å²) in [5, 5.41) is 6.11. The summed E-state index contributed by atoms with van der Waals surface area (Å²) >= 11 is 1.73. The molecule has 0 aliphatic heterocycles. The topological polar surface area (TPSA) is 16.1 Å². The van der Waals surface area contributed by atoms with E-state index >= 15 is 0 Å². The summed E-state index contributed by atoms with van der Waals surface area (Å²) in [6, 6.07) is 65.2.